The molecule has 0 fully saturated rings. The van der Waals surface area contributed by atoms with E-state index in [0.29, 0.717) is 5.92 Å². The lowest BCUT2D eigenvalue weighted by Gasteiger charge is -2.19. The van der Waals surface area contributed by atoms with Crippen LogP contribution < -0.4 is 11.1 Å². The molecule has 3 nitrogen and oxygen atoms in total. The summed E-state index contributed by atoms with van der Waals surface area (Å²) in [6, 6.07) is 0. The Labute approximate surface area is 120 Å². The molecule has 3 heteroatoms. The fourth-order valence-electron chi connectivity index (χ4n) is 2.59. The summed E-state index contributed by atoms with van der Waals surface area (Å²) in [4.78, 5) is 0. The first-order valence-corrected chi connectivity index (χ1v) is 8.04. The van der Waals surface area contributed by atoms with E-state index in [4.69, 9.17) is 10.5 Å². The van der Waals surface area contributed by atoms with Crippen LogP contribution in [-0.2, 0) is 4.74 Å². The lowest BCUT2D eigenvalue weighted by atomic mass is 9.91. The molecule has 0 aromatic carbocycles. The van der Waals surface area contributed by atoms with Gasteiger partial charge < -0.3 is 15.8 Å². The van der Waals surface area contributed by atoms with Gasteiger partial charge in [-0.3, -0.25) is 0 Å². The quantitative estimate of drug-likeness (QED) is 0.507. The van der Waals surface area contributed by atoms with Gasteiger partial charge in [0.2, 0.25) is 0 Å². The molecule has 0 aromatic heterocycles. The van der Waals surface area contributed by atoms with E-state index in [0.717, 1.165) is 57.5 Å². The first kappa shape index (κ1) is 18.9. The highest BCUT2D eigenvalue weighted by atomic mass is 16.5. The van der Waals surface area contributed by atoms with Crippen LogP contribution in [0.3, 0.4) is 0 Å². The minimum Gasteiger partial charge on any atom is -0.381 e. The zero-order chi connectivity index (χ0) is 14.5. The molecule has 3 N–H and O–H groups in total. The second kappa shape index (κ2) is 12.9. The first-order chi connectivity index (χ1) is 9.06. The monoisotopic (exact) mass is 272 g/mol. The molecule has 0 saturated carbocycles. The second-order valence-corrected chi connectivity index (χ2v) is 6.40. The average Bonchev–Trinajstić information content (AvgIpc) is 2.31. The third-order valence-corrected chi connectivity index (χ3v) is 3.28. The molecule has 0 bridgehead atoms. The molecule has 0 rings (SSSR count). The van der Waals surface area contributed by atoms with Crippen LogP contribution in [0.1, 0.15) is 53.4 Å². The van der Waals surface area contributed by atoms with Crippen LogP contribution >= 0.6 is 0 Å². The predicted octanol–water partition coefficient (Wildman–Crippen LogP) is 3.04. The van der Waals surface area contributed by atoms with Crippen LogP contribution in [0, 0.1) is 17.8 Å². The van der Waals surface area contributed by atoms with Gasteiger partial charge in [-0.1, -0.05) is 27.7 Å². The molecule has 0 amide bonds. The standard InChI is InChI=1S/C16H36N2O/c1-14(2)11-15(3)12-16(4)13-19-10-6-9-18-8-5-7-17/h14-16,18H,5-13,17H2,1-4H3. The molecule has 0 saturated heterocycles. The largest absolute Gasteiger partial charge is 0.381 e. The van der Waals surface area contributed by atoms with Crippen molar-refractivity contribution in [1.82, 2.24) is 5.32 Å². The average molecular weight is 272 g/mol. The molecule has 2 atom stereocenters. The van der Waals surface area contributed by atoms with Crippen LogP contribution in [0.2, 0.25) is 0 Å². The number of hydrogen-bond donors (Lipinski definition) is 2. The molecular weight excluding hydrogens is 236 g/mol. The van der Waals surface area contributed by atoms with Crippen LogP contribution in [-0.4, -0.2) is 32.8 Å². The summed E-state index contributed by atoms with van der Waals surface area (Å²) in [5.74, 6) is 2.30. The SMILES string of the molecule is CC(C)CC(C)CC(C)COCCCNCCCN. The fourth-order valence-corrected chi connectivity index (χ4v) is 2.59. The highest BCUT2D eigenvalue weighted by Crippen LogP contribution is 2.19. The summed E-state index contributed by atoms with van der Waals surface area (Å²) in [6.45, 7) is 13.9. The zero-order valence-electron chi connectivity index (χ0n) is 13.6. The molecule has 0 heterocycles. The number of nitrogens with one attached hydrogen (secondary N) is 1. The van der Waals surface area contributed by atoms with Gasteiger partial charge in [0.25, 0.3) is 0 Å². The van der Waals surface area contributed by atoms with Gasteiger partial charge in [0.1, 0.15) is 0 Å². The molecule has 0 aliphatic carbocycles. The molecule has 0 aliphatic heterocycles. The van der Waals surface area contributed by atoms with Crippen LogP contribution in [0.15, 0.2) is 0 Å². The van der Waals surface area contributed by atoms with E-state index in [-0.39, 0.29) is 0 Å². The lowest BCUT2D eigenvalue weighted by Crippen LogP contribution is -2.21. The van der Waals surface area contributed by atoms with E-state index in [2.05, 4.69) is 33.0 Å². The summed E-state index contributed by atoms with van der Waals surface area (Å²) in [5, 5.41) is 3.37. The highest BCUT2D eigenvalue weighted by Gasteiger charge is 2.10. The first-order valence-electron chi connectivity index (χ1n) is 8.04. The maximum Gasteiger partial charge on any atom is 0.0491 e. The minimum atomic E-state index is 0.680. The molecule has 19 heavy (non-hydrogen) atoms. The van der Waals surface area contributed by atoms with Gasteiger partial charge >= 0.3 is 0 Å². The summed E-state index contributed by atoms with van der Waals surface area (Å²) in [6.07, 6.45) is 4.77. The van der Waals surface area contributed by atoms with Gasteiger partial charge in [0.05, 0.1) is 0 Å². The van der Waals surface area contributed by atoms with Crippen molar-refractivity contribution < 1.29 is 4.74 Å². The molecule has 2 unspecified atom stereocenters. The van der Waals surface area contributed by atoms with E-state index < -0.39 is 0 Å². The Hall–Kier alpha value is -0.120. The van der Waals surface area contributed by atoms with Gasteiger partial charge in [-0.25, -0.2) is 0 Å². The topological polar surface area (TPSA) is 47.3 Å². The molecular formula is C16H36N2O. The van der Waals surface area contributed by atoms with Crippen molar-refractivity contribution in [2.75, 3.05) is 32.8 Å². The van der Waals surface area contributed by atoms with Crippen molar-refractivity contribution >= 4 is 0 Å². The zero-order valence-corrected chi connectivity index (χ0v) is 13.6. The number of rotatable bonds is 13. The Morgan fingerprint density at radius 3 is 2.26 bits per heavy atom. The molecule has 116 valence electrons. The van der Waals surface area contributed by atoms with E-state index >= 15 is 0 Å². The van der Waals surface area contributed by atoms with Crippen molar-refractivity contribution in [3.05, 3.63) is 0 Å². The Kier molecular flexibility index (Phi) is 12.8. The molecule has 0 radical (unpaired) electrons. The van der Waals surface area contributed by atoms with Crippen molar-refractivity contribution in [1.29, 1.82) is 0 Å². The maximum atomic E-state index is 5.74. The second-order valence-electron chi connectivity index (χ2n) is 6.40. The Morgan fingerprint density at radius 1 is 0.947 bits per heavy atom. The van der Waals surface area contributed by atoms with E-state index in [9.17, 15) is 0 Å². The van der Waals surface area contributed by atoms with Gasteiger partial charge in [-0.2, -0.15) is 0 Å². The van der Waals surface area contributed by atoms with Gasteiger partial charge in [0, 0.05) is 13.2 Å². The molecule has 0 spiro atoms. The molecule has 0 aliphatic rings. The molecule has 0 aromatic rings. The van der Waals surface area contributed by atoms with E-state index in [1.807, 2.05) is 0 Å². The Bertz CT molecular complexity index is 186. The fraction of sp³-hybridized carbons (Fsp3) is 1.00. The van der Waals surface area contributed by atoms with Crippen LogP contribution in [0.25, 0.3) is 0 Å². The summed E-state index contributed by atoms with van der Waals surface area (Å²) >= 11 is 0. The lowest BCUT2D eigenvalue weighted by molar-refractivity contribution is 0.0937. The smallest absolute Gasteiger partial charge is 0.0491 e. The Balaban J connectivity index is 3.31. The number of nitrogens with two attached hydrogens (primary N) is 1. The van der Waals surface area contributed by atoms with Crippen molar-refractivity contribution in [3.8, 4) is 0 Å². The van der Waals surface area contributed by atoms with Crippen molar-refractivity contribution in [2.45, 2.75) is 53.4 Å². The summed E-state index contributed by atoms with van der Waals surface area (Å²) in [7, 11) is 0. The minimum absolute atomic E-state index is 0.680. The summed E-state index contributed by atoms with van der Waals surface area (Å²) in [5.41, 5.74) is 5.43. The third kappa shape index (κ3) is 14.1. The summed E-state index contributed by atoms with van der Waals surface area (Å²) < 4.78 is 5.74. The van der Waals surface area contributed by atoms with E-state index in [1.54, 1.807) is 0 Å². The number of ether oxygens (including phenoxy) is 1. The van der Waals surface area contributed by atoms with Gasteiger partial charge in [-0.05, 0) is 63.1 Å². The van der Waals surface area contributed by atoms with Crippen molar-refractivity contribution in [3.63, 3.8) is 0 Å². The third-order valence-electron chi connectivity index (χ3n) is 3.28. The van der Waals surface area contributed by atoms with Gasteiger partial charge in [-0.15, -0.1) is 0 Å². The van der Waals surface area contributed by atoms with Crippen molar-refractivity contribution in [2.24, 2.45) is 23.5 Å². The highest BCUT2D eigenvalue weighted by molar-refractivity contribution is 4.61. The van der Waals surface area contributed by atoms with E-state index in [1.165, 1.54) is 12.8 Å². The maximum absolute atomic E-state index is 5.74. The Morgan fingerprint density at radius 2 is 1.63 bits per heavy atom. The number of hydrogen-bond acceptors (Lipinski definition) is 3. The predicted molar refractivity (Wildman–Crippen MR) is 84.4 cm³/mol. The van der Waals surface area contributed by atoms with Gasteiger partial charge in [0.15, 0.2) is 0 Å². The van der Waals surface area contributed by atoms with Crippen LogP contribution in [0.4, 0.5) is 0 Å². The van der Waals surface area contributed by atoms with Crippen LogP contribution in [0.5, 0.6) is 0 Å². The normalized spacial score (nSPS) is 14.8.